The summed E-state index contributed by atoms with van der Waals surface area (Å²) in [6.45, 7) is 1.97. The predicted octanol–water partition coefficient (Wildman–Crippen LogP) is 1.55. The standard InChI is InChI=1S/C14H19N3O3S/c1-4-10-7-11(17(2)16-10)9-21(18,19)14-8-12(20-3)5-6-13(14)15/h5-8H,4,9,15H2,1-3H3. The van der Waals surface area contributed by atoms with Gasteiger partial charge in [0.25, 0.3) is 0 Å². The van der Waals surface area contributed by atoms with Crippen molar-refractivity contribution < 1.29 is 13.2 Å². The smallest absolute Gasteiger partial charge is 0.186 e. The zero-order chi connectivity index (χ0) is 15.6. The largest absolute Gasteiger partial charge is 0.497 e. The lowest BCUT2D eigenvalue weighted by atomic mass is 10.3. The number of hydrogen-bond donors (Lipinski definition) is 1. The molecule has 2 N–H and O–H groups in total. The molecule has 21 heavy (non-hydrogen) atoms. The molecule has 0 saturated heterocycles. The summed E-state index contributed by atoms with van der Waals surface area (Å²) < 4.78 is 31.8. The summed E-state index contributed by atoms with van der Waals surface area (Å²) in [5, 5.41) is 4.26. The molecule has 0 aliphatic heterocycles. The number of nitrogens with two attached hydrogens (primary N) is 1. The zero-order valence-electron chi connectivity index (χ0n) is 12.3. The fourth-order valence-electron chi connectivity index (χ4n) is 2.06. The summed E-state index contributed by atoms with van der Waals surface area (Å²) in [7, 11) is -0.342. The van der Waals surface area contributed by atoms with Crippen LogP contribution in [0, 0.1) is 0 Å². The summed E-state index contributed by atoms with van der Waals surface area (Å²) >= 11 is 0. The summed E-state index contributed by atoms with van der Waals surface area (Å²) in [5.74, 6) is 0.315. The maximum atomic E-state index is 12.6. The van der Waals surface area contributed by atoms with E-state index < -0.39 is 9.84 Å². The summed E-state index contributed by atoms with van der Waals surface area (Å²) in [6.07, 6.45) is 0.759. The van der Waals surface area contributed by atoms with Crippen molar-refractivity contribution in [3.8, 4) is 5.75 Å². The third-order valence-electron chi connectivity index (χ3n) is 3.28. The van der Waals surface area contributed by atoms with E-state index in [1.807, 2.05) is 6.92 Å². The van der Waals surface area contributed by atoms with E-state index in [2.05, 4.69) is 5.10 Å². The van der Waals surface area contributed by atoms with Gasteiger partial charge in [-0.05, 0) is 24.6 Å². The Kier molecular flexibility index (Phi) is 4.22. The molecular formula is C14H19N3O3S. The minimum atomic E-state index is -3.56. The lowest BCUT2D eigenvalue weighted by Gasteiger charge is -2.09. The Morgan fingerprint density at radius 2 is 2.05 bits per heavy atom. The number of aromatic nitrogens is 2. The number of nitrogens with zero attached hydrogens (tertiary/aromatic N) is 2. The number of rotatable bonds is 5. The molecule has 7 heteroatoms. The van der Waals surface area contributed by atoms with Crippen LogP contribution >= 0.6 is 0 Å². The van der Waals surface area contributed by atoms with E-state index in [4.69, 9.17) is 10.5 Å². The third-order valence-corrected chi connectivity index (χ3v) is 4.98. The average Bonchev–Trinajstić information content (AvgIpc) is 2.79. The van der Waals surface area contributed by atoms with Crippen molar-refractivity contribution in [1.82, 2.24) is 9.78 Å². The van der Waals surface area contributed by atoms with Gasteiger partial charge in [-0.1, -0.05) is 6.92 Å². The van der Waals surface area contributed by atoms with Gasteiger partial charge < -0.3 is 10.5 Å². The molecular weight excluding hydrogens is 290 g/mol. The van der Waals surface area contributed by atoms with Crippen molar-refractivity contribution in [2.45, 2.75) is 24.0 Å². The van der Waals surface area contributed by atoms with Crippen molar-refractivity contribution >= 4 is 15.5 Å². The van der Waals surface area contributed by atoms with Gasteiger partial charge in [-0.3, -0.25) is 4.68 Å². The number of aryl methyl sites for hydroxylation is 2. The molecule has 1 aromatic heterocycles. The molecule has 114 valence electrons. The zero-order valence-corrected chi connectivity index (χ0v) is 13.1. The summed E-state index contributed by atoms with van der Waals surface area (Å²) in [4.78, 5) is 0.0844. The van der Waals surface area contributed by atoms with Crippen molar-refractivity contribution in [1.29, 1.82) is 0 Å². The Hall–Kier alpha value is -2.02. The molecule has 0 amide bonds. The number of ether oxygens (including phenoxy) is 1. The molecule has 0 unspecified atom stereocenters. The second kappa shape index (κ2) is 5.77. The molecule has 0 fully saturated rings. The molecule has 0 atom stereocenters. The van der Waals surface area contributed by atoms with Crippen LogP contribution in [-0.4, -0.2) is 25.3 Å². The van der Waals surface area contributed by atoms with Crippen LogP contribution < -0.4 is 10.5 Å². The van der Waals surface area contributed by atoms with Crippen LogP contribution in [0.3, 0.4) is 0 Å². The monoisotopic (exact) mass is 309 g/mol. The Morgan fingerprint density at radius 1 is 1.33 bits per heavy atom. The molecule has 0 radical (unpaired) electrons. The van der Waals surface area contributed by atoms with Crippen molar-refractivity contribution in [3.05, 3.63) is 35.7 Å². The van der Waals surface area contributed by atoms with Crippen LogP contribution in [0.5, 0.6) is 5.75 Å². The van der Waals surface area contributed by atoms with E-state index in [0.717, 1.165) is 12.1 Å². The number of methoxy groups -OCH3 is 1. The number of sulfone groups is 1. The van der Waals surface area contributed by atoms with E-state index in [1.165, 1.54) is 19.2 Å². The lowest BCUT2D eigenvalue weighted by Crippen LogP contribution is -2.11. The minimum absolute atomic E-state index is 0.0844. The fourth-order valence-corrected chi connectivity index (χ4v) is 3.60. The summed E-state index contributed by atoms with van der Waals surface area (Å²) in [5.41, 5.74) is 7.51. The first-order chi connectivity index (χ1) is 9.87. The van der Waals surface area contributed by atoms with Gasteiger partial charge in [-0.25, -0.2) is 8.42 Å². The average molecular weight is 309 g/mol. The molecule has 1 aromatic carbocycles. The van der Waals surface area contributed by atoms with Crippen LogP contribution in [0.4, 0.5) is 5.69 Å². The molecule has 2 aromatic rings. The number of anilines is 1. The van der Waals surface area contributed by atoms with Gasteiger partial charge >= 0.3 is 0 Å². The van der Waals surface area contributed by atoms with E-state index in [-0.39, 0.29) is 16.3 Å². The Morgan fingerprint density at radius 3 is 2.62 bits per heavy atom. The highest BCUT2D eigenvalue weighted by Gasteiger charge is 2.21. The van der Waals surface area contributed by atoms with Gasteiger partial charge in [0, 0.05) is 13.1 Å². The first kappa shape index (κ1) is 15.4. The van der Waals surface area contributed by atoms with E-state index in [0.29, 0.717) is 11.4 Å². The van der Waals surface area contributed by atoms with Crippen molar-refractivity contribution in [2.24, 2.45) is 7.05 Å². The normalized spacial score (nSPS) is 11.6. The minimum Gasteiger partial charge on any atom is -0.497 e. The number of hydrogen-bond acceptors (Lipinski definition) is 5. The highest BCUT2D eigenvalue weighted by Crippen LogP contribution is 2.27. The Bertz CT molecular complexity index is 751. The van der Waals surface area contributed by atoms with Crippen LogP contribution in [0.1, 0.15) is 18.3 Å². The quantitative estimate of drug-likeness (QED) is 0.847. The van der Waals surface area contributed by atoms with Crippen molar-refractivity contribution in [2.75, 3.05) is 12.8 Å². The molecule has 0 saturated carbocycles. The van der Waals surface area contributed by atoms with Crippen LogP contribution in [0.2, 0.25) is 0 Å². The highest BCUT2D eigenvalue weighted by molar-refractivity contribution is 7.90. The molecule has 0 aliphatic carbocycles. The van der Waals surface area contributed by atoms with Gasteiger partial charge in [0.2, 0.25) is 0 Å². The highest BCUT2D eigenvalue weighted by atomic mass is 32.2. The number of benzene rings is 1. The third kappa shape index (κ3) is 3.18. The van der Waals surface area contributed by atoms with Crippen LogP contribution in [0.15, 0.2) is 29.2 Å². The second-order valence-corrected chi connectivity index (χ2v) is 6.73. The molecule has 1 heterocycles. The summed E-state index contributed by atoms with van der Waals surface area (Å²) in [6, 6.07) is 6.41. The van der Waals surface area contributed by atoms with E-state index in [9.17, 15) is 8.42 Å². The molecule has 0 spiro atoms. The fraction of sp³-hybridized carbons (Fsp3) is 0.357. The Balaban J connectivity index is 2.40. The molecule has 6 nitrogen and oxygen atoms in total. The predicted molar refractivity (Wildman–Crippen MR) is 80.9 cm³/mol. The van der Waals surface area contributed by atoms with Gasteiger partial charge in [0.05, 0.1) is 34.8 Å². The van der Waals surface area contributed by atoms with Gasteiger partial charge in [-0.2, -0.15) is 5.10 Å². The molecule has 0 aliphatic rings. The lowest BCUT2D eigenvalue weighted by molar-refractivity contribution is 0.413. The maximum Gasteiger partial charge on any atom is 0.186 e. The second-order valence-electron chi connectivity index (χ2n) is 4.77. The van der Waals surface area contributed by atoms with Crippen LogP contribution in [-0.2, 0) is 29.1 Å². The maximum absolute atomic E-state index is 12.6. The van der Waals surface area contributed by atoms with Gasteiger partial charge in [0.15, 0.2) is 9.84 Å². The molecule has 0 bridgehead atoms. The van der Waals surface area contributed by atoms with Gasteiger partial charge in [-0.15, -0.1) is 0 Å². The molecule has 2 rings (SSSR count). The first-order valence-electron chi connectivity index (χ1n) is 6.55. The van der Waals surface area contributed by atoms with Crippen molar-refractivity contribution in [3.63, 3.8) is 0 Å². The van der Waals surface area contributed by atoms with Gasteiger partial charge in [0.1, 0.15) is 5.75 Å². The SMILES string of the molecule is CCc1cc(CS(=O)(=O)c2cc(OC)ccc2N)n(C)n1. The van der Waals surface area contributed by atoms with E-state index in [1.54, 1.807) is 23.9 Å². The topological polar surface area (TPSA) is 87.2 Å². The van der Waals surface area contributed by atoms with Crippen LogP contribution in [0.25, 0.3) is 0 Å². The first-order valence-corrected chi connectivity index (χ1v) is 8.20. The number of nitrogen functional groups attached to an aromatic ring is 1. The Labute approximate surface area is 124 Å². The van der Waals surface area contributed by atoms with E-state index >= 15 is 0 Å².